The van der Waals surface area contributed by atoms with Crippen LogP contribution in [0.3, 0.4) is 0 Å². The number of allylic oxidation sites excluding steroid dienone is 1. The molecule has 7 rings (SSSR count). The van der Waals surface area contributed by atoms with E-state index in [1.54, 1.807) is 40.7 Å². The Balaban J connectivity index is 1.27. The molecule has 1 saturated heterocycles. The summed E-state index contributed by atoms with van der Waals surface area (Å²) in [5.41, 5.74) is 8.26. The van der Waals surface area contributed by atoms with Crippen LogP contribution in [0.25, 0.3) is 16.3 Å². The molecule has 2 heterocycles. The van der Waals surface area contributed by atoms with E-state index in [-0.39, 0.29) is 81.7 Å². The second kappa shape index (κ2) is 34.9. The Morgan fingerprint density at radius 2 is 1.32 bits per heavy atom. The number of ether oxygens (including phenoxy) is 1. The lowest BCUT2D eigenvalue weighted by Crippen LogP contribution is -2.62. The Hall–Kier alpha value is -9.28. The molecule has 96 heavy (non-hydrogen) atoms. The Bertz CT molecular complexity index is 3580. The van der Waals surface area contributed by atoms with Crippen LogP contribution in [0.15, 0.2) is 109 Å². The van der Waals surface area contributed by atoms with Crippen LogP contribution in [0, 0.1) is 5.92 Å². The summed E-state index contributed by atoms with van der Waals surface area (Å²) in [7, 11) is 1.87. The fourth-order valence-corrected chi connectivity index (χ4v) is 13.2. The van der Waals surface area contributed by atoms with E-state index in [1.165, 1.54) is 31.2 Å². The lowest BCUT2D eigenvalue weighted by atomic mass is 9.97. The Morgan fingerprint density at radius 3 is 2.00 bits per heavy atom. The lowest BCUT2D eigenvalue weighted by Gasteiger charge is -2.30. The van der Waals surface area contributed by atoms with Gasteiger partial charge < -0.3 is 68.5 Å². The third-order valence-corrected chi connectivity index (χ3v) is 18.4. The van der Waals surface area contributed by atoms with Crippen LogP contribution in [-0.4, -0.2) is 171 Å². The number of fused-ring (bicyclic) bond motifs is 2. The van der Waals surface area contributed by atoms with Gasteiger partial charge in [0.2, 0.25) is 53.2 Å². The zero-order chi connectivity index (χ0) is 69.8. The summed E-state index contributed by atoms with van der Waals surface area (Å²) in [6.45, 7) is 9.61. The van der Waals surface area contributed by atoms with Crippen LogP contribution in [0.2, 0.25) is 0 Å². The first-order valence-electron chi connectivity index (χ1n) is 31.8. The van der Waals surface area contributed by atoms with Gasteiger partial charge in [-0.2, -0.15) is 0 Å². The van der Waals surface area contributed by atoms with Gasteiger partial charge in [-0.1, -0.05) is 120 Å². The van der Waals surface area contributed by atoms with E-state index in [0.717, 1.165) is 60.5 Å². The first-order valence-corrected chi connectivity index (χ1v) is 34.3. The maximum Gasteiger partial charge on any atom is 0.407 e. The Labute approximate surface area is 564 Å². The number of aliphatic hydroxyl groups excluding tert-OH is 1. The number of hydrogen-bond acceptors (Lipinski definition) is 17. The summed E-state index contributed by atoms with van der Waals surface area (Å²) in [5.74, 6) is -10.5. The third kappa shape index (κ3) is 22.2. The van der Waals surface area contributed by atoms with Crippen molar-refractivity contribution in [3.8, 4) is 5.75 Å². The number of amides is 12. The summed E-state index contributed by atoms with van der Waals surface area (Å²) < 4.78 is 5.37. The Morgan fingerprint density at radius 1 is 0.698 bits per heavy atom. The number of carbonyl (C=O) groups is 12. The molecule has 514 valence electrons. The third-order valence-electron chi connectivity index (χ3n) is 16.0. The molecule has 1 aliphatic carbocycles. The topological polar surface area (TPSA) is 392 Å². The molecule has 2 aliphatic heterocycles. The molecule has 1 fully saturated rings. The van der Waals surface area contributed by atoms with E-state index >= 15 is 19.2 Å². The number of aromatic hydroxyl groups is 1. The minimum absolute atomic E-state index is 0.0394. The number of imide groups is 1. The molecular formula is C68H85N11O15S2. The molecule has 0 unspecified atom stereocenters. The van der Waals surface area contributed by atoms with E-state index in [2.05, 4.69) is 47.9 Å². The number of carbonyl (C=O) groups excluding carboxylic acids is 12. The second-order valence-electron chi connectivity index (χ2n) is 25.1. The summed E-state index contributed by atoms with van der Waals surface area (Å²) >= 11 is 0. The maximum absolute atomic E-state index is 15.3. The molecule has 0 bridgehead atoms. The average Bonchev–Trinajstić information content (AvgIpc) is 1.42. The molecule has 9 atom stereocenters. The maximum atomic E-state index is 15.3. The zero-order valence-corrected chi connectivity index (χ0v) is 56.0. The van der Waals surface area contributed by atoms with Crippen LogP contribution >= 0.6 is 21.6 Å². The predicted octanol–water partition coefficient (Wildman–Crippen LogP) is 2.56. The molecule has 3 aliphatic rings. The molecule has 28 heteroatoms. The average molecular weight is 1360 g/mol. The van der Waals surface area contributed by atoms with Crippen LogP contribution in [0.1, 0.15) is 102 Å². The number of nitrogens with two attached hydrogens (primary N) is 1. The predicted molar refractivity (Wildman–Crippen MR) is 361 cm³/mol. The van der Waals surface area contributed by atoms with Crippen molar-refractivity contribution in [3.05, 3.63) is 131 Å². The highest BCUT2D eigenvalue weighted by Gasteiger charge is 2.38. The number of phenols is 1. The molecule has 13 N–H and O–H groups in total. The number of alkyl carbamates (subject to hydrolysis) is 1. The molecule has 4 aromatic carbocycles. The van der Waals surface area contributed by atoms with Crippen molar-refractivity contribution in [2.75, 3.05) is 24.6 Å². The number of aliphatic hydroxyl groups is 1. The highest BCUT2D eigenvalue weighted by atomic mass is 33.1. The molecule has 0 aromatic heterocycles. The van der Waals surface area contributed by atoms with Gasteiger partial charge in [0.1, 0.15) is 59.7 Å². The van der Waals surface area contributed by atoms with Crippen LogP contribution in [0.4, 0.5) is 4.79 Å². The van der Waals surface area contributed by atoms with Gasteiger partial charge in [0.15, 0.2) is 0 Å². The van der Waals surface area contributed by atoms with Crippen molar-refractivity contribution >= 4 is 109 Å². The lowest BCUT2D eigenvalue weighted by molar-refractivity contribution is -0.137. The van der Waals surface area contributed by atoms with Crippen molar-refractivity contribution in [3.63, 3.8) is 0 Å². The van der Waals surface area contributed by atoms with Gasteiger partial charge in [0.05, 0.1) is 6.10 Å². The van der Waals surface area contributed by atoms with E-state index in [0.29, 0.717) is 23.1 Å². The summed E-state index contributed by atoms with van der Waals surface area (Å²) in [6, 6.07) is 14.2. The largest absolute Gasteiger partial charge is 0.508 e. The molecule has 0 radical (unpaired) electrons. The van der Waals surface area contributed by atoms with Crippen molar-refractivity contribution in [1.82, 2.24) is 52.8 Å². The van der Waals surface area contributed by atoms with Crippen LogP contribution in [-0.2, 0) is 76.7 Å². The normalized spacial score (nSPS) is 20.9. The fourth-order valence-electron chi connectivity index (χ4n) is 10.8. The van der Waals surface area contributed by atoms with E-state index in [1.807, 2.05) is 66.7 Å². The Kier molecular flexibility index (Phi) is 27.0. The number of nitrogens with zero attached hydrogens (tertiary/aromatic N) is 1. The molecule has 26 nitrogen and oxygen atoms in total. The van der Waals surface area contributed by atoms with Gasteiger partial charge >= 0.3 is 6.09 Å². The standard InChI is InChI=1S/C68H85N11O15S2/c1-38(2)57-66(92)76-53(65(91)78-58(39(3)80)59(69)85)37-96-95-36-52(75-61(87)49(34-41-20-23-42-14-7-8-16-44(42)32-41)71-54(82)19-13-31-79-55(83)28-29-56(79)84)64(90)73-50(33-40-21-26-46(81)27-22-40)62(88)74-51(35-45-25-24-43-15-9-10-17-47(43)45)63(89)72-48(60(86)77-57)18-11-12-30-70-67(93)94-68(4,5)6/h7-10,14-17,20-23,25-29,32,38-39,48-53,57-58,80-81H,11-13,18-19,24,30-31,33-37H2,1-6H3,(H2,69,85)(H,70,93)(H,71,82)(H,72,89)(H,73,90)(H,74,88)(H,75,87)(H,76,92)(H,77,86)(H,78,91)/t39-,48+,49-,50+,51-,52+,53-,57+,58+/m1/s1. The smallest absolute Gasteiger partial charge is 0.407 e. The molecule has 0 saturated carbocycles. The quantitative estimate of drug-likeness (QED) is 0.0288. The van der Waals surface area contributed by atoms with Gasteiger partial charge in [0.25, 0.3) is 11.8 Å². The zero-order valence-electron chi connectivity index (χ0n) is 54.4. The number of unbranched alkanes of at least 4 members (excludes halogenated alkanes) is 1. The molecule has 0 spiro atoms. The molecule has 12 amide bonds. The van der Waals surface area contributed by atoms with Crippen LogP contribution < -0.4 is 53.6 Å². The van der Waals surface area contributed by atoms with Crippen molar-refractivity contribution in [2.24, 2.45) is 11.7 Å². The summed E-state index contributed by atoms with van der Waals surface area (Å²) in [6.07, 6.45) is 2.23. The summed E-state index contributed by atoms with van der Waals surface area (Å²) in [4.78, 5) is 169. The molecular weight excluding hydrogens is 1270 g/mol. The number of benzene rings is 4. The number of primary amides is 1. The second-order valence-corrected chi connectivity index (χ2v) is 27.6. The molecule has 4 aromatic rings. The van der Waals surface area contributed by atoms with Gasteiger partial charge in [-0.25, -0.2) is 4.79 Å². The van der Waals surface area contributed by atoms with Gasteiger partial charge in [-0.15, -0.1) is 0 Å². The van der Waals surface area contributed by atoms with Crippen molar-refractivity contribution in [1.29, 1.82) is 0 Å². The highest BCUT2D eigenvalue weighted by Crippen LogP contribution is 2.31. The minimum atomic E-state index is -1.63. The van der Waals surface area contributed by atoms with E-state index < -0.39 is 137 Å². The van der Waals surface area contributed by atoms with Crippen molar-refractivity contribution in [2.45, 2.75) is 159 Å². The first kappa shape index (κ1) is 74.1. The minimum Gasteiger partial charge on any atom is -0.508 e. The highest BCUT2D eigenvalue weighted by molar-refractivity contribution is 8.76. The SMILES string of the molecule is CC(C)[C@@H]1NC(=O)[C@H](CCCCNC(=O)OC(C)(C)C)NC(=O)[C@@H](CC2=CCc3ccccc32)NC(=O)[C@H](Cc2ccc(O)cc2)NC(=O)[C@@H](NC(=O)[C@@H](Cc2ccc3ccccc3c2)NC(=O)CCCN2C(=O)C=CC2=O)CSSC[C@H](C(=O)N[C@H](C(N)=O)[C@@H](C)O)NC1=O. The van der Waals surface area contributed by atoms with E-state index in [4.69, 9.17) is 10.5 Å². The summed E-state index contributed by atoms with van der Waals surface area (Å²) in [5, 5.41) is 47.0. The number of rotatable bonds is 23. The van der Waals surface area contributed by atoms with Gasteiger partial charge in [-0.3, -0.25) is 57.6 Å². The van der Waals surface area contributed by atoms with Crippen molar-refractivity contribution < 1.29 is 72.5 Å². The van der Waals surface area contributed by atoms with Gasteiger partial charge in [0, 0.05) is 62.4 Å². The first-order chi connectivity index (χ1) is 45.6. The fraction of sp³-hybridized carbons (Fsp3) is 0.441. The van der Waals surface area contributed by atoms with Gasteiger partial charge in [-0.05, 0) is 116 Å². The van der Waals surface area contributed by atoms with E-state index in [9.17, 15) is 48.6 Å². The number of hydrogen-bond donors (Lipinski definition) is 12. The number of nitrogens with one attached hydrogen (secondary N) is 9. The number of phenolic OH excluding ortho intramolecular Hbond substituents is 1. The van der Waals surface area contributed by atoms with Crippen LogP contribution in [0.5, 0.6) is 5.75 Å². The monoisotopic (exact) mass is 1360 g/mol.